The molecule has 1 aliphatic heterocycles. The number of anilines is 2. The van der Waals surface area contributed by atoms with E-state index < -0.39 is 27.4 Å². The molecule has 3 aromatic rings. The Kier molecular flexibility index (Phi) is 9.53. The first-order chi connectivity index (χ1) is 19.7. The average Bonchev–Trinajstić information content (AvgIpc) is 2.97. The van der Waals surface area contributed by atoms with E-state index in [9.17, 15) is 23.3 Å². The SMILES string of the molecule is CCOc1ccccc1N(CC(=O)N/N=C/c1cc([N+](=O)[O-])ccc1N1CCOCC1)S(=O)(=O)c1ccc(C)cc1. The molecule has 0 saturated carbocycles. The van der Waals surface area contributed by atoms with E-state index in [2.05, 4.69) is 10.5 Å². The van der Waals surface area contributed by atoms with E-state index >= 15 is 0 Å². The minimum atomic E-state index is -4.17. The summed E-state index contributed by atoms with van der Waals surface area (Å²) in [5.74, 6) is -0.421. The zero-order valence-electron chi connectivity index (χ0n) is 22.7. The van der Waals surface area contributed by atoms with Crippen molar-refractivity contribution in [1.82, 2.24) is 5.43 Å². The van der Waals surface area contributed by atoms with Gasteiger partial charge in [0.25, 0.3) is 21.6 Å². The summed E-state index contributed by atoms with van der Waals surface area (Å²) in [5.41, 5.74) is 4.44. The number of nitro benzene ring substituents is 1. The van der Waals surface area contributed by atoms with Crippen molar-refractivity contribution >= 4 is 39.2 Å². The molecule has 216 valence electrons. The summed E-state index contributed by atoms with van der Waals surface area (Å²) in [6.45, 7) is 5.53. The molecule has 41 heavy (non-hydrogen) atoms. The van der Waals surface area contributed by atoms with Crippen molar-refractivity contribution in [1.29, 1.82) is 0 Å². The number of nitro groups is 1. The van der Waals surface area contributed by atoms with Gasteiger partial charge < -0.3 is 14.4 Å². The molecule has 0 aromatic heterocycles. The summed E-state index contributed by atoms with van der Waals surface area (Å²) in [5, 5.41) is 15.4. The number of rotatable bonds is 11. The predicted molar refractivity (Wildman–Crippen MR) is 155 cm³/mol. The fourth-order valence-corrected chi connectivity index (χ4v) is 5.70. The van der Waals surface area contributed by atoms with Crippen LogP contribution in [0.5, 0.6) is 5.75 Å². The average molecular weight is 582 g/mol. The van der Waals surface area contributed by atoms with Crippen molar-refractivity contribution in [2.75, 3.05) is 48.7 Å². The second-order valence-electron chi connectivity index (χ2n) is 9.12. The Bertz CT molecular complexity index is 1520. The third-order valence-electron chi connectivity index (χ3n) is 6.30. The largest absolute Gasteiger partial charge is 0.492 e. The molecule has 0 atom stereocenters. The summed E-state index contributed by atoms with van der Waals surface area (Å²) in [4.78, 5) is 26.0. The van der Waals surface area contributed by atoms with Crippen molar-refractivity contribution in [3.8, 4) is 5.75 Å². The molecule has 1 aliphatic rings. The van der Waals surface area contributed by atoms with Crippen LogP contribution in [-0.4, -0.2) is 64.9 Å². The third-order valence-corrected chi connectivity index (χ3v) is 8.07. The van der Waals surface area contributed by atoms with Gasteiger partial charge in [-0.05, 0) is 44.2 Å². The Morgan fingerprint density at radius 2 is 1.85 bits per heavy atom. The maximum absolute atomic E-state index is 13.7. The van der Waals surface area contributed by atoms with E-state index in [1.807, 2.05) is 11.8 Å². The minimum absolute atomic E-state index is 0.0115. The van der Waals surface area contributed by atoms with Crippen LogP contribution in [0.25, 0.3) is 0 Å². The zero-order valence-corrected chi connectivity index (χ0v) is 23.5. The highest BCUT2D eigenvalue weighted by atomic mass is 32.2. The van der Waals surface area contributed by atoms with Crippen LogP contribution in [0.4, 0.5) is 17.1 Å². The molecule has 1 saturated heterocycles. The first-order valence-corrected chi connectivity index (χ1v) is 14.4. The molecule has 0 unspecified atom stereocenters. The van der Waals surface area contributed by atoms with Crippen molar-refractivity contribution in [3.05, 3.63) is 88.0 Å². The number of hydrogen-bond acceptors (Lipinski definition) is 9. The molecule has 1 N–H and O–H groups in total. The molecule has 1 amide bonds. The standard InChI is InChI=1S/C28H31N5O7S/c1-3-40-27-7-5-4-6-26(27)32(41(37,38)24-11-8-21(2)9-12-24)20-28(34)30-29-19-22-18-23(33(35)36)10-13-25(22)31-14-16-39-17-15-31/h4-13,18-19H,3,14-17,20H2,1-2H3,(H,30,34)/b29-19+. The number of aryl methyl sites for hydroxylation is 1. The molecule has 0 bridgehead atoms. The van der Waals surface area contributed by atoms with Gasteiger partial charge in [-0.15, -0.1) is 0 Å². The Hall–Kier alpha value is -4.49. The molecule has 3 aromatic carbocycles. The van der Waals surface area contributed by atoms with E-state index in [1.165, 1.54) is 30.5 Å². The molecule has 1 heterocycles. The van der Waals surface area contributed by atoms with Crippen molar-refractivity contribution in [2.45, 2.75) is 18.7 Å². The van der Waals surface area contributed by atoms with E-state index in [-0.39, 0.29) is 16.3 Å². The molecule has 0 aliphatic carbocycles. The van der Waals surface area contributed by atoms with Crippen LogP contribution in [0.3, 0.4) is 0 Å². The number of amides is 1. The molecule has 13 heteroatoms. The maximum Gasteiger partial charge on any atom is 0.270 e. The van der Waals surface area contributed by atoms with Crippen LogP contribution >= 0.6 is 0 Å². The number of hydrazone groups is 1. The second kappa shape index (κ2) is 13.2. The van der Waals surface area contributed by atoms with Gasteiger partial charge in [0.1, 0.15) is 12.3 Å². The van der Waals surface area contributed by atoms with Crippen molar-refractivity contribution < 1.29 is 27.6 Å². The van der Waals surface area contributed by atoms with E-state index in [0.29, 0.717) is 49.9 Å². The fraction of sp³-hybridized carbons (Fsp3) is 0.286. The van der Waals surface area contributed by atoms with Crippen LogP contribution in [-0.2, 0) is 19.6 Å². The number of carbonyl (C=O) groups excluding carboxylic acids is 1. The number of carbonyl (C=O) groups is 1. The molecule has 4 rings (SSSR count). The number of para-hydroxylation sites is 2. The highest BCUT2D eigenvalue weighted by Crippen LogP contribution is 2.32. The Morgan fingerprint density at radius 3 is 2.54 bits per heavy atom. The molecular formula is C28H31N5O7S. The third kappa shape index (κ3) is 7.18. The van der Waals surface area contributed by atoms with Gasteiger partial charge in [0.2, 0.25) is 0 Å². The summed E-state index contributed by atoms with van der Waals surface area (Å²) < 4.78 is 39.5. The number of ether oxygens (including phenoxy) is 2. The van der Waals surface area contributed by atoms with Crippen molar-refractivity contribution in [3.63, 3.8) is 0 Å². The smallest absolute Gasteiger partial charge is 0.270 e. The van der Waals surface area contributed by atoms with E-state index in [0.717, 1.165) is 9.87 Å². The quantitative estimate of drug-likeness (QED) is 0.206. The van der Waals surface area contributed by atoms with Gasteiger partial charge in [-0.2, -0.15) is 5.10 Å². The molecule has 12 nitrogen and oxygen atoms in total. The number of morpholine rings is 1. The van der Waals surface area contributed by atoms with Crippen LogP contribution in [0.2, 0.25) is 0 Å². The Labute approximate surface area is 238 Å². The van der Waals surface area contributed by atoms with Crippen LogP contribution in [0.1, 0.15) is 18.1 Å². The number of nitrogens with zero attached hydrogens (tertiary/aromatic N) is 4. The van der Waals surface area contributed by atoms with Gasteiger partial charge in [0, 0.05) is 36.5 Å². The lowest BCUT2D eigenvalue weighted by Crippen LogP contribution is -2.40. The van der Waals surface area contributed by atoms with Gasteiger partial charge in [-0.3, -0.25) is 19.2 Å². The molecule has 0 spiro atoms. The maximum atomic E-state index is 13.7. The number of benzene rings is 3. The van der Waals surface area contributed by atoms with E-state index in [1.54, 1.807) is 49.4 Å². The topological polar surface area (TPSA) is 144 Å². The molecule has 0 radical (unpaired) electrons. The zero-order chi connectivity index (χ0) is 29.4. The number of sulfonamides is 1. The summed E-state index contributed by atoms with van der Waals surface area (Å²) in [6, 6.07) is 17.3. The summed E-state index contributed by atoms with van der Waals surface area (Å²) >= 11 is 0. The highest BCUT2D eigenvalue weighted by Gasteiger charge is 2.29. The number of non-ortho nitro benzene ring substituents is 1. The fourth-order valence-electron chi connectivity index (χ4n) is 4.27. The van der Waals surface area contributed by atoms with Crippen LogP contribution < -0.4 is 19.4 Å². The highest BCUT2D eigenvalue weighted by molar-refractivity contribution is 7.92. The first-order valence-electron chi connectivity index (χ1n) is 12.9. The van der Waals surface area contributed by atoms with Crippen molar-refractivity contribution in [2.24, 2.45) is 5.10 Å². The van der Waals surface area contributed by atoms with Gasteiger partial charge in [0.05, 0.1) is 41.5 Å². The first kappa shape index (κ1) is 29.5. The normalized spacial score (nSPS) is 13.7. The lowest BCUT2D eigenvalue weighted by molar-refractivity contribution is -0.384. The van der Waals surface area contributed by atoms with Gasteiger partial charge in [-0.25, -0.2) is 13.8 Å². The Morgan fingerprint density at radius 1 is 1.15 bits per heavy atom. The monoisotopic (exact) mass is 581 g/mol. The van der Waals surface area contributed by atoms with Gasteiger partial charge in [-0.1, -0.05) is 29.8 Å². The van der Waals surface area contributed by atoms with Gasteiger partial charge in [0.15, 0.2) is 0 Å². The number of nitrogens with one attached hydrogen (secondary N) is 1. The summed E-state index contributed by atoms with van der Waals surface area (Å²) in [7, 11) is -4.17. The van der Waals surface area contributed by atoms with Crippen LogP contribution in [0, 0.1) is 17.0 Å². The molecular weight excluding hydrogens is 550 g/mol. The lowest BCUT2D eigenvalue weighted by atomic mass is 10.1. The molecule has 1 fully saturated rings. The summed E-state index contributed by atoms with van der Waals surface area (Å²) in [6.07, 6.45) is 1.31. The van der Waals surface area contributed by atoms with E-state index in [4.69, 9.17) is 9.47 Å². The predicted octanol–water partition coefficient (Wildman–Crippen LogP) is 3.48. The number of hydrogen-bond donors (Lipinski definition) is 1. The minimum Gasteiger partial charge on any atom is -0.492 e. The second-order valence-corrected chi connectivity index (χ2v) is 11.0. The Balaban J connectivity index is 1.61. The lowest BCUT2D eigenvalue weighted by Gasteiger charge is -2.29. The van der Waals surface area contributed by atoms with Gasteiger partial charge >= 0.3 is 0 Å². The van der Waals surface area contributed by atoms with Crippen LogP contribution in [0.15, 0.2) is 76.7 Å².